The third-order valence-corrected chi connectivity index (χ3v) is 2.60. The van der Waals surface area contributed by atoms with E-state index in [1.807, 2.05) is 0 Å². The van der Waals surface area contributed by atoms with Gasteiger partial charge in [-0.15, -0.1) is 0 Å². The monoisotopic (exact) mass is 275 g/mol. The molecule has 0 amide bonds. The molecule has 18 heavy (non-hydrogen) atoms. The van der Waals surface area contributed by atoms with Crippen molar-refractivity contribution in [1.82, 2.24) is 5.34 Å². The maximum absolute atomic E-state index is 11.2. The highest BCUT2D eigenvalue weighted by Gasteiger charge is 2.17. The summed E-state index contributed by atoms with van der Waals surface area (Å²) in [5.74, 6) is -0.201. The number of ether oxygens (including phenoxy) is 1. The van der Waals surface area contributed by atoms with Crippen LogP contribution < -0.4 is 5.73 Å². The van der Waals surface area contributed by atoms with E-state index >= 15 is 0 Å². The SMILES string of the molecule is CCOC(=O)CC1=N/C(=N/C(N)=N/N(O)O)SC1. The Labute approximate surface area is 107 Å². The van der Waals surface area contributed by atoms with Gasteiger partial charge in [-0.1, -0.05) is 16.9 Å². The molecule has 0 radical (unpaired) electrons. The summed E-state index contributed by atoms with van der Waals surface area (Å²) < 4.78 is 4.78. The van der Waals surface area contributed by atoms with Crippen molar-refractivity contribution in [3.63, 3.8) is 0 Å². The van der Waals surface area contributed by atoms with Gasteiger partial charge in [0, 0.05) is 11.5 Å². The van der Waals surface area contributed by atoms with Crippen molar-refractivity contribution in [2.45, 2.75) is 13.3 Å². The summed E-state index contributed by atoms with van der Waals surface area (Å²) in [6, 6.07) is 0. The Kier molecular flexibility index (Phi) is 5.55. The number of nitrogens with zero attached hydrogens (tertiary/aromatic N) is 4. The van der Waals surface area contributed by atoms with E-state index in [0.717, 1.165) is 0 Å². The number of carbonyl (C=O) groups is 1. The molecule has 10 heteroatoms. The topological polar surface area (TPSA) is 133 Å². The number of carbonyl (C=O) groups excluding carboxylic acids is 1. The van der Waals surface area contributed by atoms with E-state index in [-0.39, 0.29) is 18.3 Å². The molecule has 0 spiro atoms. The first-order chi connectivity index (χ1) is 8.51. The average molecular weight is 275 g/mol. The molecular formula is C8H13N5O4S. The van der Waals surface area contributed by atoms with E-state index in [2.05, 4.69) is 15.1 Å². The van der Waals surface area contributed by atoms with Crippen LogP contribution in [-0.4, -0.2) is 50.9 Å². The number of esters is 1. The molecule has 0 aromatic heterocycles. The summed E-state index contributed by atoms with van der Waals surface area (Å²) >= 11 is 1.26. The van der Waals surface area contributed by atoms with Crippen LogP contribution in [0.3, 0.4) is 0 Å². The Morgan fingerprint density at radius 3 is 3.00 bits per heavy atom. The predicted molar refractivity (Wildman–Crippen MR) is 65.6 cm³/mol. The molecular weight excluding hydrogens is 262 g/mol. The molecule has 1 aliphatic heterocycles. The van der Waals surface area contributed by atoms with Crippen molar-refractivity contribution < 1.29 is 19.9 Å². The smallest absolute Gasteiger partial charge is 0.311 e. The lowest BCUT2D eigenvalue weighted by Crippen LogP contribution is -2.16. The Hall–Kier alpha value is -1.65. The number of hydrogen-bond donors (Lipinski definition) is 3. The Morgan fingerprint density at radius 2 is 2.39 bits per heavy atom. The van der Waals surface area contributed by atoms with Gasteiger partial charge in [0.15, 0.2) is 5.17 Å². The molecule has 0 aromatic rings. The lowest BCUT2D eigenvalue weighted by atomic mass is 10.3. The minimum absolute atomic E-state index is 0.100. The van der Waals surface area contributed by atoms with E-state index in [4.69, 9.17) is 20.9 Å². The zero-order chi connectivity index (χ0) is 13.5. The van der Waals surface area contributed by atoms with Gasteiger partial charge in [0.1, 0.15) is 0 Å². The van der Waals surface area contributed by atoms with Crippen LogP contribution in [0.2, 0.25) is 0 Å². The molecule has 0 aliphatic carbocycles. The number of nitrogens with two attached hydrogens (primary N) is 1. The third kappa shape index (κ3) is 5.12. The molecule has 0 saturated carbocycles. The second-order valence-electron chi connectivity index (χ2n) is 3.07. The second kappa shape index (κ2) is 6.93. The molecule has 1 rings (SSSR count). The number of rotatable bonds is 4. The van der Waals surface area contributed by atoms with E-state index in [0.29, 0.717) is 23.2 Å². The second-order valence-corrected chi connectivity index (χ2v) is 4.01. The van der Waals surface area contributed by atoms with Crippen LogP contribution >= 0.6 is 11.8 Å². The molecule has 1 aliphatic rings. The highest BCUT2D eigenvalue weighted by Crippen LogP contribution is 2.16. The summed E-state index contributed by atoms with van der Waals surface area (Å²) in [6.07, 6.45) is 0.100. The van der Waals surface area contributed by atoms with Gasteiger partial charge in [0.25, 0.3) is 0 Å². The van der Waals surface area contributed by atoms with Gasteiger partial charge in [-0.25, -0.2) is 15.4 Å². The van der Waals surface area contributed by atoms with E-state index in [1.54, 1.807) is 6.92 Å². The summed E-state index contributed by atoms with van der Waals surface area (Å²) in [4.78, 5) is 19.0. The fraction of sp³-hybridized carbons (Fsp3) is 0.500. The molecule has 0 aromatic carbocycles. The van der Waals surface area contributed by atoms with Gasteiger partial charge in [0.2, 0.25) is 5.96 Å². The summed E-state index contributed by atoms with van der Waals surface area (Å²) in [7, 11) is 0. The zero-order valence-corrected chi connectivity index (χ0v) is 10.4. The van der Waals surface area contributed by atoms with Crippen molar-refractivity contribution in [1.29, 1.82) is 0 Å². The fourth-order valence-electron chi connectivity index (χ4n) is 1.09. The first-order valence-corrected chi connectivity index (χ1v) is 5.95. The highest BCUT2D eigenvalue weighted by atomic mass is 32.2. The van der Waals surface area contributed by atoms with Gasteiger partial charge in [-0.3, -0.25) is 4.79 Å². The molecule has 4 N–H and O–H groups in total. The van der Waals surface area contributed by atoms with Crippen LogP contribution in [-0.2, 0) is 9.53 Å². The minimum Gasteiger partial charge on any atom is -0.466 e. The number of hydrazone groups is 1. The third-order valence-electron chi connectivity index (χ3n) is 1.68. The van der Waals surface area contributed by atoms with Crippen molar-refractivity contribution in [3.8, 4) is 0 Å². The Morgan fingerprint density at radius 1 is 1.67 bits per heavy atom. The summed E-state index contributed by atoms with van der Waals surface area (Å²) in [6.45, 7) is 2.05. The lowest BCUT2D eigenvalue weighted by Gasteiger charge is -1.99. The first kappa shape index (κ1) is 14.4. The summed E-state index contributed by atoms with van der Waals surface area (Å²) in [5, 5.41) is 19.6. The number of aliphatic imine (C=N–C) groups is 2. The van der Waals surface area contributed by atoms with Crippen molar-refractivity contribution >= 4 is 34.6 Å². The molecule has 0 unspecified atom stereocenters. The quantitative estimate of drug-likeness (QED) is 0.280. The van der Waals surface area contributed by atoms with Crippen LogP contribution in [0.1, 0.15) is 13.3 Å². The van der Waals surface area contributed by atoms with Crippen LogP contribution in [0.5, 0.6) is 0 Å². The van der Waals surface area contributed by atoms with E-state index in [9.17, 15) is 4.79 Å². The highest BCUT2D eigenvalue weighted by molar-refractivity contribution is 8.15. The number of hydrogen-bond acceptors (Lipinski definition) is 7. The van der Waals surface area contributed by atoms with Gasteiger partial charge >= 0.3 is 5.97 Å². The number of thioether (sulfide) groups is 1. The first-order valence-electron chi connectivity index (χ1n) is 4.96. The standard InChI is InChI=1S/C8H13N5O4S/c1-2-17-6(14)3-5-4-18-8(10-5)11-7(9)12-13(15)16/h15-16H,2-4H2,1H3,(H2,9,12)/b11-8-. The zero-order valence-electron chi connectivity index (χ0n) is 9.61. The predicted octanol–water partition coefficient (Wildman–Crippen LogP) is -0.207. The molecule has 0 fully saturated rings. The van der Waals surface area contributed by atoms with Crippen LogP contribution in [0.4, 0.5) is 0 Å². The Bertz CT molecular complexity index is 406. The fourth-order valence-corrected chi connectivity index (χ4v) is 1.90. The van der Waals surface area contributed by atoms with Crippen LogP contribution in [0.15, 0.2) is 15.1 Å². The molecule has 0 saturated heterocycles. The number of guanidine groups is 1. The van der Waals surface area contributed by atoms with Crippen LogP contribution in [0.25, 0.3) is 0 Å². The van der Waals surface area contributed by atoms with Crippen molar-refractivity contribution in [2.24, 2.45) is 20.8 Å². The largest absolute Gasteiger partial charge is 0.466 e. The lowest BCUT2D eigenvalue weighted by molar-refractivity contribution is -0.307. The van der Waals surface area contributed by atoms with Crippen molar-refractivity contribution in [2.75, 3.05) is 12.4 Å². The van der Waals surface area contributed by atoms with Gasteiger partial charge in [-0.05, 0) is 12.3 Å². The van der Waals surface area contributed by atoms with E-state index in [1.165, 1.54) is 11.8 Å². The van der Waals surface area contributed by atoms with Gasteiger partial charge in [-0.2, -0.15) is 4.99 Å². The van der Waals surface area contributed by atoms with Gasteiger partial charge in [0.05, 0.1) is 13.0 Å². The molecule has 0 atom stereocenters. The molecule has 9 nitrogen and oxygen atoms in total. The average Bonchev–Trinajstić information content (AvgIpc) is 2.64. The Balaban J connectivity index is 2.60. The van der Waals surface area contributed by atoms with Crippen LogP contribution in [0, 0.1) is 0 Å². The number of amidine groups is 1. The summed E-state index contributed by atoms with van der Waals surface area (Å²) in [5.41, 5.74) is 5.90. The molecule has 0 bridgehead atoms. The maximum Gasteiger partial charge on any atom is 0.311 e. The van der Waals surface area contributed by atoms with Crippen molar-refractivity contribution in [3.05, 3.63) is 0 Å². The van der Waals surface area contributed by atoms with Gasteiger partial charge < -0.3 is 10.5 Å². The minimum atomic E-state index is -0.442. The maximum atomic E-state index is 11.2. The van der Waals surface area contributed by atoms with E-state index < -0.39 is 5.34 Å². The molecule has 1 heterocycles. The normalized spacial score (nSPS) is 17.8. The molecule has 100 valence electrons.